The molecule has 0 spiro atoms. The van der Waals surface area contributed by atoms with Crippen LogP contribution in [0.4, 0.5) is 0 Å². The Morgan fingerprint density at radius 2 is 2.05 bits per heavy atom. The average molecular weight is 310 g/mol. The molecule has 0 atom stereocenters. The molecule has 0 aliphatic carbocycles. The van der Waals surface area contributed by atoms with E-state index >= 15 is 0 Å². The van der Waals surface area contributed by atoms with Crippen LogP contribution >= 0.6 is 24.0 Å². The van der Waals surface area contributed by atoms with Gasteiger partial charge >= 0.3 is 0 Å². The predicted octanol–water partition coefficient (Wildman–Crippen LogP) is 4.63. The summed E-state index contributed by atoms with van der Waals surface area (Å²) < 4.78 is 8.34. The summed E-state index contributed by atoms with van der Waals surface area (Å²) in [6.07, 6.45) is 7.22. The molecular formula is C15H22N2OS2. The van der Waals surface area contributed by atoms with E-state index in [-0.39, 0.29) is 0 Å². The number of methoxy groups -OCH3 is 1. The molecule has 0 aliphatic heterocycles. The lowest BCUT2D eigenvalue weighted by Crippen LogP contribution is -1.98. The lowest BCUT2D eigenvalue weighted by atomic mass is 10.2. The Morgan fingerprint density at radius 3 is 2.80 bits per heavy atom. The molecule has 0 fully saturated rings. The van der Waals surface area contributed by atoms with Crippen molar-refractivity contribution in [1.29, 1.82) is 0 Å². The summed E-state index contributed by atoms with van der Waals surface area (Å²) in [5, 5.41) is 0. The van der Waals surface area contributed by atoms with Crippen LogP contribution in [0.15, 0.2) is 18.2 Å². The number of thioether (sulfide) groups is 1. The van der Waals surface area contributed by atoms with Gasteiger partial charge in [-0.25, -0.2) is 0 Å². The number of fused-ring (bicyclic) bond motifs is 1. The van der Waals surface area contributed by atoms with E-state index in [0.717, 1.165) is 28.1 Å². The SMILES string of the molecule is COc1cccc2c1[nH]c(=S)n2CCCCCCSC. The molecule has 0 saturated carbocycles. The van der Waals surface area contributed by atoms with E-state index in [2.05, 4.69) is 21.9 Å². The van der Waals surface area contributed by atoms with Crippen LogP contribution in [0.25, 0.3) is 11.0 Å². The Hall–Kier alpha value is -0.940. The normalized spacial score (nSPS) is 11.1. The zero-order valence-corrected chi connectivity index (χ0v) is 13.8. The number of nitrogens with zero attached hydrogens (tertiary/aromatic N) is 1. The molecule has 0 aliphatic rings. The first kappa shape index (κ1) is 15.4. The molecule has 3 nitrogen and oxygen atoms in total. The standard InChI is InChI=1S/C15H22N2OS2/c1-18-13-9-7-8-12-14(13)16-15(19)17(12)10-5-3-4-6-11-20-2/h7-9H,3-6,10-11H2,1-2H3,(H,16,19). The number of hydrogen-bond acceptors (Lipinski definition) is 3. The first-order valence-electron chi connectivity index (χ1n) is 7.02. The van der Waals surface area contributed by atoms with Crippen molar-refractivity contribution in [2.24, 2.45) is 0 Å². The van der Waals surface area contributed by atoms with Crippen LogP contribution < -0.4 is 4.74 Å². The Kier molecular flexibility index (Phi) is 5.98. The van der Waals surface area contributed by atoms with E-state index in [0.29, 0.717) is 0 Å². The number of para-hydroxylation sites is 1. The van der Waals surface area contributed by atoms with E-state index in [9.17, 15) is 0 Å². The van der Waals surface area contributed by atoms with Crippen molar-refractivity contribution >= 4 is 35.0 Å². The molecule has 110 valence electrons. The highest BCUT2D eigenvalue weighted by atomic mass is 32.2. The van der Waals surface area contributed by atoms with Crippen molar-refractivity contribution < 1.29 is 4.74 Å². The smallest absolute Gasteiger partial charge is 0.178 e. The van der Waals surface area contributed by atoms with Crippen LogP contribution in [-0.2, 0) is 6.54 Å². The summed E-state index contributed by atoms with van der Waals surface area (Å²) in [6.45, 7) is 0.977. The third-order valence-electron chi connectivity index (χ3n) is 3.47. The van der Waals surface area contributed by atoms with E-state index in [4.69, 9.17) is 17.0 Å². The lowest BCUT2D eigenvalue weighted by Gasteiger charge is -2.05. The summed E-state index contributed by atoms with van der Waals surface area (Å²) in [5.41, 5.74) is 2.14. The maximum absolute atomic E-state index is 5.43. The van der Waals surface area contributed by atoms with Gasteiger partial charge in [0, 0.05) is 6.54 Å². The van der Waals surface area contributed by atoms with E-state index < -0.39 is 0 Å². The highest BCUT2D eigenvalue weighted by molar-refractivity contribution is 7.98. The minimum absolute atomic E-state index is 0.786. The number of hydrogen-bond donors (Lipinski definition) is 1. The second-order valence-electron chi connectivity index (χ2n) is 4.84. The van der Waals surface area contributed by atoms with Crippen molar-refractivity contribution in [1.82, 2.24) is 9.55 Å². The second kappa shape index (κ2) is 7.74. The Bertz CT molecular complexity index is 603. The van der Waals surface area contributed by atoms with Crippen LogP contribution in [-0.4, -0.2) is 28.7 Å². The summed E-state index contributed by atoms with van der Waals surface area (Å²) in [7, 11) is 1.69. The summed E-state index contributed by atoms with van der Waals surface area (Å²) in [6, 6.07) is 6.07. The molecule has 0 saturated heterocycles. The number of H-pyrrole nitrogens is 1. The maximum Gasteiger partial charge on any atom is 0.178 e. The highest BCUT2D eigenvalue weighted by Crippen LogP contribution is 2.24. The molecule has 2 aromatic rings. The molecule has 0 bridgehead atoms. The van der Waals surface area contributed by atoms with E-state index in [1.165, 1.54) is 31.4 Å². The molecule has 0 amide bonds. The fourth-order valence-corrected chi connectivity index (χ4v) is 3.20. The molecule has 1 N–H and O–H groups in total. The average Bonchev–Trinajstić information content (AvgIpc) is 2.78. The fourth-order valence-electron chi connectivity index (χ4n) is 2.42. The number of rotatable bonds is 8. The zero-order valence-electron chi connectivity index (χ0n) is 12.1. The third kappa shape index (κ3) is 3.58. The van der Waals surface area contributed by atoms with Crippen LogP contribution in [0.3, 0.4) is 0 Å². The van der Waals surface area contributed by atoms with Crippen LogP contribution in [0.2, 0.25) is 0 Å². The fraction of sp³-hybridized carbons (Fsp3) is 0.533. The first-order valence-corrected chi connectivity index (χ1v) is 8.82. The van der Waals surface area contributed by atoms with Crippen molar-refractivity contribution in [3.63, 3.8) is 0 Å². The van der Waals surface area contributed by atoms with Gasteiger partial charge in [-0.3, -0.25) is 0 Å². The Labute approximate surface area is 129 Å². The van der Waals surface area contributed by atoms with Gasteiger partial charge in [-0.15, -0.1) is 0 Å². The summed E-state index contributed by atoms with van der Waals surface area (Å²) >= 11 is 7.35. The zero-order chi connectivity index (χ0) is 14.4. The molecule has 2 rings (SSSR count). The number of benzene rings is 1. The molecule has 20 heavy (non-hydrogen) atoms. The van der Waals surface area contributed by atoms with Gasteiger partial charge < -0.3 is 14.3 Å². The van der Waals surface area contributed by atoms with E-state index in [1.54, 1.807) is 7.11 Å². The maximum atomic E-state index is 5.43. The Balaban J connectivity index is 2.03. The quantitative estimate of drug-likeness (QED) is 0.569. The number of ether oxygens (including phenoxy) is 1. The minimum Gasteiger partial charge on any atom is -0.494 e. The van der Waals surface area contributed by atoms with Gasteiger partial charge in [0.2, 0.25) is 0 Å². The minimum atomic E-state index is 0.786. The molecule has 1 aromatic heterocycles. The molecule has 0 radical (unpaired) electrons. The van der Waals surface area contributed by atoms with Gasteiger partial charge in [0.05, 0.1) is 12.6 Å². The van der Waals surface area contributed by atoms with E-state index in [1.807, 2.05) is 23.9 Å². The largest absolute Gasteiger partial charge is 0.494 e. The summed E-state index contributed by atoms with van der Waals surface area (Å²) in [5.74, 6) is 2.12. The second-order valence-corrected chi connectivity index (χ2v) is 6.22. The molecule has 5 heteroatoms. The summed E-state index contributed by atoms with van der Waals surface area (Å²) in [4.78, 5) is 3.26. The van der Waals surface area contributed by atoms with Gasteiger partial charge in [-0.05, 0) is 49.2 Å². The van der Waals surface area contributed by atoms with Gasteiger partial charge in [-0.2, -0.15) is 11.8 Å². The third-order valence-corrected chi connectivity index (χ3v) is 4.49. The predicted molar refractivity (Wildman–Crippen MR) is 90.5 cm³/mol. The van der Waals surface area contributed by atoms with Crippen molar-refractivity contribution in [3.05, 3.63) is 23.0 Å². The van der Waals surface area contributed by atoms with Crippen molar-refractivity contribution in [2.45, 2.75) is 32.2 Å². The number of nitrogens with one attached hydrogen (secondary N) is 1. The Morgan fingerprint density at radius 1 is 1.25 bits per heavy atom. The van der Waals surface area contributed by atoms with Crippen LogP contribution in [0, 0.1) is 4.77 Å². The van der Waals surface area contributed by atoms with Crippen LogP contribution in [0.5, 0.6) is 5.75 Å². The van der Waals surface area contributed by atoms with Crippen molar-refractivity contribution in [3.8, 4) is 5.75 Å². The molecular weight excluding hydrogens is 288 g/mol. The molecule has 1 aromatic carbocycles. The molecule has 0 unspecified atom stereocenters. The van der Waals surface area contributed by atoms with Crippen molar-refractivity contribution in [2.75, 3.05) is 19.1 Å². The molecule has 1 heterocycles. The number of unbranched alkanes of at least 4 members (excludes halogenated alkanes) is 3. The topological polar surface area (TPSA) is 29.9 Å². The lowest BCUT2D eigenvalue weighted by molar-refractivity contribution is 0.419. The van der Waals surface area contributed by atoms with Gasteiger partial charge in [0.25, 0.3) is 0 Å². The van der Waals surface area contributed by atoms with Gasteiger partial charge in [-0.1, -0.05) is 18.9 Å². The highest BCUT2D eigenvalue weighted by Gasteiger charge is 2.08. The number of aromatic nitrogens is 2. The first-order chi connectivity index (χ1) is 9.77. The monoisotopic (exact) mass is 310 g/mol. The van der Waals surface area contributed by atoms with Gasteiger partial charge in [0.1, 0.15) is 11.3 Å². The van der Waals surface area contributed by atoms with Crippen LogP contribution in [0.1, 0.15) is 25.7 Å². The number of imidazole rings is 1. The number of aromatic amines is 1. The van der Waals surface area contributed by atoms with Gasteiger partial charge in [0.15, 0.2) is 4.77 Å². The number of aryl methyl sites for hydroxylation is 1.